The van der Waals surface area contributed by atoms with Gasteiger partial charge < -0.3 is 4.74 Å². The number of likely N-dealkylation sites (tertiary alicyclic amines) is 1. The van der Waals surface area contributed by atoms with Gasteiger partial charge in [0.05, 0.1) is 17.3 Å². The first-order valence-electron chi connectivity index (χ1n) is 7.51. The second kappa shape index (κ2) is 5.82. The minimum Gasteiger partial charge on any atom is -0.464 e. The third-order valence-corrected chi connectivity index (χ3v) is 5.31. The molecule has 110 valence electrons. The molecular formula is C15H22N2O2S. The molecule has 3 heterocycles. The van der Waals surface area contributed by atoms with Crippen LogP contribution in [0, 0.1) is 0 Å². The molecule has 0 amide bonds. The zero-order valence-electron chi connectivity index (χ0n) is 12.2. The van der Waals surface area contributed by atoms with Crippen LogP contribution in [0.25, 0.3) is 0 Å². The Kier molecular flexibility index (Phi) is 4.08. The van der Waals surface area contributed by atoms with E-state index in [1.54, 1.807) is 11.3 Å². The Morgan fingerprint density at radius 3 is 2.95 bits per heavy atom. The Hall–Kier alpha value is -0.940. The zero-order chi connectivity index (χ0) is 14.1. The summed E-state index contributed by atoms with van der Waals surface area (Å²) in [6.07, 6.45) is 3.18. The van der Waals surface area contributed by atoms with Crippen LogP contribution in [-0.4, -0.2) is 41.6 Å². The van der Waals surface area contributed by atoms with Gasteiger partial charge in [0, 0.05) is 24.3 Å². The van der Waals surface area contributed by atoms with Gasteiger partial charge >= 0.3 is 5.97 Å². The summed E-state index contributed by atoms with van der Waals surface area (Å²) in [6, 6.07) is -0.0117. The Labute approximate surface area is 124 Å². The van der Waals surface area contributed by atoms with Gasteiger partial charge in [0.25, 0.3) is 0 Å². The van der Waals surface area contributed by atoms with Crippen LogP contribution in [0.5, 0.6) is 0 Å². The maximum absolute atomic E-state index is 11.7. The van der Waals surface area contributed by atoms with Crippen molar-refractivity contribution in [2.24, 2.45) is 0 Å². The molecule has 0 aromatic carbocycles. The SMILES string of the molecule is CC(C)c1csc([C@@H]2CCCN([C@@H]3CCOC3=O)C2)n1. The maximum atomic E-state index is 11.7. The number of esters is 1. The second-order valence-corrected chi connectivity index (χ2v) is 6.96. The first kappa shape index (κ1) is 14.0. The van der Waals surface area contributed by atoms with E-state index in [4.69, 9.17) is 9.72 Å². The van der Waals surface area contributed by atoms with Gasteiger partial charge in [0.2, 0.25) is 0 Å². The summed E-state index contributed by atoms with van der Waals surface area (Å²) < 4.78 is 5.10. The summed E-state index contributed by atoms with van der Waals surface area (Å²) in [6.45, 7) is 6.91. The lowest BCUT2D eigenvalue weighted by molar-refractivity contribution is -0.142. The van der Waals surface area contributed by atoms with Gasteiger partial charge in [-0.25, -0.2) is 4.98 Å². The highest BCUT2D eigenvalue weighted by molar-refractivity contribution is 7.09. The van der Waals surface area contributed by atoms with Crippen LogP contribution in [-0.2, 0) is 9.53 Å². The van der Waals surface area contributed by atoms with Gasteiger partial charge in [-0.3, -0.25) is 9.69 Å². The molecule has 0 aliphatic carbocycles. The third kappa shape index (κ3) is 2.74. The molecule has 3 rings (SSSR count). The molecule has 2 aliphatic heterocycles. The van der Waals surface area contributed by atoms with E-state index in [2.05, 4.69) is 24.1 Å². The van der Waals surface area contributed by atoms with Crippen molar-refractivity contribution < 1.29 is 9.53 Å². The Bertz CT molecular complexity index is 486. The molecule has 0 radical (unpaired) electrons. The average Bonchev–Trinajstić information content (AvgIpc) is 3.07. The smallest absolute Gasteiger partial charge is 0.323 e. The van der Waals surface area contributed by atoms with Crippen LogP contribution in [0.4, 0.5) is 0 Å². The first-order chi connectivity index (χ1) is 9.65. The van der Waals surface area contributed by atoms with E-state index >= 15 is 0 Å². The molecule has 1 aromatic rings. The fourth-order valence-corrected chi connectivity index (χ4v) is 4.17. The van der Waals surface area contributed by atoms with Gasteiger partial charge in [-0.2, -0.15) is 0 Å². The van der Waals surface area contributed by atoms with Crippen LogP contribution in [0.2, 0.25) is 0 Å². The number of carbonyl (C=O) groups excluding carboxylic acids is 1. The first-order valence-corrected chi connectivity index (χ1v) is 8.39. The van der Waals surface area contributed by atoms with E-state index in [1.165, 1.54) is 17.1 Å². The third-order valence-electron chi connectivity index (χ3n) is 4.28. The van der Waals surface area contributed by atoms with Crippen LogP contribution in [0.1, 0.15) is 55.6 Å². The van der Waals surface area contributed by atoms with Crippen LogP contribution in [0.15, 0.2) is 5.38 Å². The Balaban J connectivity index is 1.69. The Morgan fingerprint density at radius 2 is 2.30 bits per heavy atom. The topological polar surface area (TPSA) is 42.4 Å². The van der Waals surface area contributed by atoms with Crippen molar-refractivity contribution in [1.29, 1.82) is 0 Å². The molecule has 1 aromatic heterocycles. The van der Waals surface area contributed by atoms with Gasteiger partial charge in [0.1, 0.15) is 6.04 Å². The predicted octanol–water partition coefficient (Wildman–Crippen LogP) is 2.76. The number of aromatic nitrogens is 1. The summed E-state index contributed by atoms with van der Waals surface area (Å²) in [5.41, 5.74) is 1.20. The molecule has 0 spiro atoms. The van der Waals surface area contributed by atoms with Crippen molar-refractivity contribution in [3.63, 3.8) is 0 Å². The summed E-state index contributed by atoms with van der Waals surface area (Å²) in [4.78, 5) is 18.8. The standard InChI is InChI=1S/C15H22N2O2S/c1-10(2)12-9-20-14(16-12)11-4-3-6-17(8-11)13-5-7-19-15(13)18/h9-11,13H,3-8H2,1-2H3/t11-,13-/m1/s1. The molecular weight excluding hydrogens is 272 g/mol. The summed E-state index contributed by atoms with van der Waals surface area (Å²) in [7, 11) is 0. The molecule has 20 heavy (non-hydrogen) atoms. The summed E-state index contributed by atoms with van der Waals surface area (Å²) in [5.74, 6) is 0.937. The molecule has 0 N–H and O–H groups in total. The number of ether oxygens (including phenoxy) is 1. The number of hydrogen-bond acceptors (Lipinski definition) is 5. The lowest BCUT2D eigenvalue weighted by Crippen LogP contribution is -2.44. The normalized spacial score (nSPS) is 28.1. The molecule has 5 heteroatoms. The number of cyclic esters (lactones) is 1. The quantitative estimate of drug-likeness (QED) is 0.804. The molecule has 0 saturated carbocycles. The highest BCUT2D eigenvalue weighted by Gasteiger charge is 2.35. The maximum Gasteiger partial charge on any atom is 0.323 e. The van der Waals surface area contributed by atoms with E-state index in [0.717, 1.165) is 25.9 Å². The second-order valence-electron chi connectivity index (χ2n) is 6.07. The van der Waals surface area contributed by atoms with Crippen LogP contribution in [0.3, 0.4) is 0 Å². The summed E-state index contributed by atoms with van der Waals surface area (Å²) in [5, 5.41) is 3.42. The molecule has 2 atom stereocenters. The van der Waals surface area contributed by atoms with Gasteiger partial charge in [-0.1, -0.05) is 13.8 Å². The number of thiazole rings is 1. The number of rotatable bonds is 3. The van der Waals surface area contributed by atoms with E-state index in [-0.39, 0.29) is 12.0 Å². The molecule has 2 saturated heterocycles. The van der Waals surface area contributed by atoms with Crippen molar-refractivity contribution in [3.8, 4) is 0 Å². The summed E-state index contributed by atoms with van der Waals surface area (Å²) >= 11 is 1.78. The van der Waals surface area contributed by atoms with E-state index in [1.807, 2.05) is 0 Å². The fraction of sp³-hybridized carbons (Fsp3) is 0.733. The zero-order valence-corrected chi connectivity index (χ0v) is 13.0. The molecule has 0 bridgehead atoms. The molecule has 2 fully saturated rings. The van der Waals surface area contributed by atoms with Gasteiger partial charge in [0.15, 0.2) is 0 Å². The van der Waals surface area contributed by atoms with E-state index < -0.39 is 0 Å². The number of hydrogen-bond donors (Lipinski definition) is 0. The molecule has 0 unspecified atom stereocenters. The average molecular weight is 294 g/mol. The van der Waals surface area contributed by atoms with Crippen molar-refractivity contribution >= 4 is 17.3 Å². The number of carbonyl (C=O) groups is 1. The Morgan fingerprint density at radius 1 is 1.45 bits per heavy atom. The van der Waals surface area contributed by atoms with E-state index in [9.17, 15) is 4.79 Å². The minimum absolute atomic E-state index is 0.0117. The lowest BCUT2D eigenvalue weighted by Gasteiger charge is -2.34. The number of nitrogens with zero attached hydrogens (tertiary/aromatic N) is 2. The van der Waals surface area contributed by atoms with Gasteiger partial charge in [-0.15, -0.1) is 11.3 Å². The van der Waals surface area contributed by atoms with Crippen molar-refractivity contribution in [1.82, 2.24) is 9.88 Å². The monoisotopic (exact) mass is 294 g/mol. The van der Waals surface area contributed by atoms with Gasteiger partial charge in [-0.05, 0) is 25.3 Å². The highest BCUT2D eigenvalue weighted by Crippen LogP contribution is 2.32. The highest BCUT2D eigenvalue weighted by atomic mass is 32.1. The van der Waals surface area contributed by atoms with E-state index in [0.29, 0.717) is 18.4 Å². The molecule has 4 nitrogen and oxygen atoms in total. The lowest BCUT2D eigenvalue weighted by atomic mass is 9.97. The van der Waals surface area contributed by atoms with Crippen LogP contribution < -0.4 is 0 Å². The molecule has 2 aliphatic rings. The fourth-order valence-electron chi connectivity index (χ4n) is 3.06. The van der Waals surface area contributed by atoms with Crippen molar-refractivity contribution in [3.05, 3.63) is 16.1 Å². The largest absolute Gasteiger partial charge is 0.464 e. The van der Waals surface area contributed by atoms with Crippen molar-refractivity contribution in [2.75, 3.05) is 19.7 Å². The predicted molar refractivity (Wildman–Crippen MR) is 79.1 cm³/mol. The van der Waals surface area contributed by atoms with Crippen LogP contribution >= 0.6 is 11.3 Å². The number of piperidine rings is 1. The van der Waals surface area contributed by atoms with Crippen molar-refractivity contribution in [2.45, 2.75) is 51.0 Å². The minimum atomic E-state index is -0.0346.